The van der Waals surface area contributed by atoms with E-state index in [4.69, 9.17) is 14.5 Å². The van der Waals surface area contributed by atoms with Crippen LogP contribution in [0.5, 0.6) is 11.5 Å². The van der Waals surface area contributed by atoms with E-state index in [-0.39, 0.29) is 5.91 Å². The summed E-state index contributed by atoms with van der Waals surface area (Å²) < 4.78 is 13.8. The predicted octanol–water partition coefficient (Wildman–Crippen LogP) is 5.28. The largest absolute Gasteiger partial charge is 0.493 e. The number of nitrogens with one attached hydrogen (secondary N) is 1. The first-order chi connectivity index (χ1) is 16.7. The summed E-state index contributed by atoms with van der Waals surface area (Å²) in [6.45, 7) is 5.54. The molecule has 0 atom stereocenters. The van der Waals surface area contributed by atoms with Gasteiger partial charge in [0, 0.05) is 13.0 Å². The summed E-state index contributed by atoms with van der Waals surface area (Å²) in [6, 6.07) is 17.8. The number of methoxy groups -OCH3 is 1. The molecule has 0 aliphatic heterocycles. The number of hydrogen-bond donors (Lipinski definition) is 1. The van der Waals surface area contributed by atoms with Gasteiger partial charge in [-0.3, -0.25) is 4.79 Å². The van der Waals surface area contributed by atoms with Crippen molar-refractivity contribution in [2.24, 2.45) is 0 Å². The van der Waals surface area contributed by atoms with Gasteiger partial charge >= 0.3 is 0 Å². The molecule has 6 nitrogen and oxygen atoms in total. The number of imidazole rings is 1. The van der Waals surface area contributed by atoms with Gasteiger partial charge in [-0.25, -0.2) is 4.98 Å². The molecule has 0 aliphatic carbocycles. The van der Waals surface area contributed by atoms with Crippen LogP contribution >= 0.6 is 11.3 Å². The van der Waals surface area contributed by atoms with Crippen LogP contribution < -0.4 is 14.8 Å². The number of carbonyl (C=O) groups excluding carboxylic acids is 1. The van der Waals surface area contributed by atoms with Crippen molar-refractivity contribution in [2.75, 3.05) is 20.3 Å². The Kier molecular flexibility index (Phi) is 7.99. The van der Waals surface area contributed by atoms with E-state index in [9.17, 15) is 4.79 Å². The van der Waals surface area contributed by atoms with Crippen molar-refractivity contribution in [1.82, 2.24) is 14.9 Å². The minimum absolute atomic E-state index is 0.0232. The molecular weight excluding hydrogens is 446 g/mol. The summed E-state index contributed by atoms with van der Waals surface area (Å²) in [6.07, 6.45) is 4.22. The van der Waals surface area contributed by atoms with Crippen molar-refractivity contribution < 1.29 is 14.3 Å². The average molecular weight is 476 g/mol. The Morgan fingerprint density at radius 2 is 2.06 bits per heavy atom. The average Bonchev–Trinajstić information content (AvgIpc) is 3.51. The van der Waals surface area contributed by atoms with Gasteiger partial charge in [0.1, 0.15) is 12.4 Å². The Labute approximate surface area is 203 Å². The number of rotatable bonds is 12. The van der Waals surface area contributed by atoms with Gasteiger partial charge in [-0.05, 0) is 54.1 Å². The molecule has 2 aromatic carbocycles. The number of para-hydroxylation sites is 2. The molecule has 0 fully saturated rings. The monoisotopic (exact) mass is 475 g/mol. The van der Waals surface area contributed by atoms with Crippen LogP contribution in [0.2, 0.25) is 0 Å². The molecular formula is C27H29N3O3S. The zero-order valence-corrected chi connectivity index (χ0v) is 20.1. The van der Waals surface area contributed by atoms with Crippen molar-refractivity contribution >= 4 is 28.3 Å². The highest BCUT2D eigenvalue weighted by atomic mass is 32.1. The second-order valence-electron chi connectivity index (χ2n) is 7.83. The fraction of sp³-hybridized carbons (Fsp3) is 0.259. The van der Waals surface area contributed by atoms with Crippen LogP contribution in [0.1, 0.15) is 27.5 Å². The summed E-state index contributed by atoms with van der Waals surface area (Å²) in [5, 5.41) is 4.90. The Morgan fingerprint density at radius 1 is 1.18 bits per heavy atom. The molecule has 0 unspecified atom stereocenters. The minimum atomic E-state index is -0.0232. The molecule has 2 aromatic heterocycles. The number of benzene rings is 2. The number of fused-ring (bicyclic) bond motifs is 1. The van der Waals surface area contributed by atoms with Crippen LogP contribution in [0.25, 0.3) is 11.0 Å². The third-order valence-electron chi connectivity index (χ3n) is 5.52. The Balaban J connectivity index is 1.39. The van der Waals surface area contributed by atoms with Crippen molar-refractivity contribution in [3.05, 3.63) is 88.9 Å². The van der Waals surface area contributed by atoms with Crippen molar-refractivity contribution in [2.45, 2.75) is 25.8 Å². The van der Waals surface area contributed by atoms with Gasteiger partial charge in [-0.1, -0.05) is 30.3 Å². The van der Waals surface area contributed by atoms with Gasteiger partial charge < -0.3 is 19.4 Å². The van der Waals surface area contributed by atoms with E-state index >= 15 is 0 Å². The van der Waals surface area contributed by atoms with Crippen LogP contribution in [0, 0.1) is 0 Å². The number of aromatic nitrogens is 2. The highest BCUT2D eigenvalue weighted by Gasteiger charge is 2.12. The maximum atomic E-state index is 12.2. The number of amides is 1. The molecule has 4 aromatic rings. The van der Waals surface area contributed by atoms with Crippen LogP contribution in [0.4, 0.5) is 0 Å². The molecule has 0 saturated heterocycles. The molecule has 4 rings (SSSR count). The molecule has 2 heterocycles. The first kappa shape index (κ1) is 23.6. The van der Waals surface area contributed by atoms with E-state index in [2.05, 4.69) is 22.5 Å². The molecule has 0 saturated carbocycles. The van der Waals surface area contributed by atoms with E-state index in [1.807, 2.05) is 60.0 Å². The van der Waals surface area contributed by atoms with Gasteiger partial charge in [0.2, 0.25) is 0 Å². The lowest BCUT2D eigenvalue weighted by molar-refractivity contribution is 0.0957. The van der Waals surface area contributed by atoms with E-state index < -0.39 is 0 Å². The molecule has 7 heteroatoms. The smallest absolute Gasteiger partial charge is 0.261 e. The normalized spacial score (nSPS) is 10.9. The van der Waals surface area contributed by atoms with Crippen molar-refractivity contribution in [3.8, 4) is 11.5 Å². The van der Waals surface area contributed by atoms with Gasteiger partial charge in [-0.15, -0.1) is 17.9 Å². The third kappa shape index (κ3) is 5.66. The number of thiophene rings is 1. The molecule has 1 N–H and O–H groups in total. The molecule has 0 spiro atoms. The third-order valence-corrected chi connectivity index (χ3v) is 6.39. The number of allylic oxidation sites excluding steroid dienone is 1. The van der Waals surface area contributed by atoms with Crippen LogP contribution in [-0.2, 0) is 19.4 Å². The lowest BCUT2D eigenvalue weighted by Crippen LogP contribution is -2.24. The Morgan fingerprint density at radius 3 is 2.85 bits per heavy atom. The lowest BCUT2D eigenvalue weighted by atomic mass is 10.1. The second-order valence-corrected chi connectivity index (χ2v) is 8.78. The van der Waals surface area contributed by atoms with E-state index in [0.717, 1.165) is 58.1 Å². The quantitative estimate of drug-likeness (QED) is 0.224. The number of carbonyl (C=O) groups is 1. The zero-order valence-electron chi connectivity index (χ0n) is 19.3. The maximum absolute atomic E-state index is 12.2. The highest BCUT2D eigenvalue weighted by molar-refractivity contribution is 7.12. The Hall–Kier alpha value is -3.58. The molecule has 1 amide bonds. The lowest BCUT2D eigenvalue weighted by Gasteiger charge is -2.14. The number of nitrogens with zero attached hydrogens (tertiary/aromatic N) is 2. The van der Waals surface area contributed by atoms with Crippen LogP contribution in [0.3, 0.4) is 0 Å². The first-order valence-corrected chi connectivity index (χ1v) is 12.2. The van der Waals surface area contributed by atoms with E-state index in [1.165, 1.54) is 11.3 Å². The first-order valence-electron chi connectivity index (χ1n) is 11.4. The molecule has 0 bridgehead atoms. The summed E-state index contributed by atoms with van der Waals surface area (Å²) in [5.74, 6) is 2.41. The van der Waals surface area contributed by atoms with Crippen LogP contribution in [-0.4, -0.2) is 35.7 Å². The van der Waals surface area contributed by atoms with Crippen LogP contribution in [0.15, 0.2) is 72.6 Å². The molecule has 0 aliphatic rings. The van der Waals surface area contributed by atoms with E-state index in [0.29, 0.717) is 19.7 Å². The fourth-order valence-electron chi connectivity index (χ4n) is 3.88. The summed E-state index contributed by atoms with van der Waals surface area (Å²) in [5.41, 5.74) is 3.18. The van der Waals surface area contributed by atoms with Gasteiger partial charge in [0.05, 0.1) is 29.6 Å². The fourth-order valence-corrected chi connectivity index (χ4v) is 4.52. The number of aryl methyl sites for hydroxylation is 1. The van der Waals surface area contributed by atoms with Crippen molar-refractivity contribution in [1.29, 1.82) is 0 Å². The molecule has 0 radical (unpaired) electrons. The number of ether oxygens (including phenoxy) is 2. The molecule has 34 heavy (non-hydrogen) atoms. The summed E-state index contributed by atoms with van der Waals surface area (Å²) in [4.78, 5) is 17.7. The highest BCUT2D eigenvalue weighted by Crippen LogP contribution is 2.28. The number of hydrogen-bond acceptors (Lipinski definition) is 5. The Bertz CT molecular complexity index is 1250. The summed E-state index contributed by atoms with van der Waals surface area (Å²) >= 11 is 1.45. The van der Waals surface area contributed by atoms with Gasteiger partial charge in [0.25, 0.3) is 5.91 Å². The standard InChI is InChI=1S/C27H29N3O3S/c1-3-8-20-13-14-23(24(19-20)32-2)33-17-16-30-22-10-5-4-9-21(22)29-26(30)12-6-15-28-27(31)25-11-7-18-34-25/h3-5,7,9-11,13-14,18-19H,1,6,8,12,15-17H2,2H3,(H,28,31). The van der Waals surface area contributed by atoms with Gasteiger partial charge in [-0.2, -0.15) is 0 Å². The predicted molar refractivity (Wildman–Crippen MR) is 137 cm³/mol. The topological polar surface area (TPSA) is 65.4 Å². The second kappa shape index (κ2) is 11.5. The van der Waals surface area contributed by atoms with E-state index in [1.54, 1.807) is 7.11 Å². The summed E-state index contributed by atoms with van der Waals surface area (Å²) in [7, 11) is 1.65. The SMILES string of the molecule is C=CCc1ccc(OCCn2c(CCCNC(=O)c3cccs3)nc3ccccc32)c(OC)c1. The molecule has 176 valence electrons. The minimum Gasteiger partial charge on any atom is -0.493 e. The zero-order chi connectivity index (χ0) is 23.8. The van der Waals surface area contributed by atoms with Crippen molar-refractivity contribution in [3.63, 3.8) is 0 Å². The maximum Gasteiger partial charge on any atom is 0.261 e. The van der Waals surface area contributed by atoms with Gasteiger partial charge in [0.15, 0.2) is 11.5 Å².